The third kappa shape index (κ3) is 23.6. The van der Waals surface area contributed by atoms with Crippen molar-refractivity contribution in [2.75, 3.05) is 58.6 Å². The second kappa shape index (κ2) is 35.8. The van der Waals surface area contributed by atoms with Crippen molar-refractivity contribution in [3.63, 3.8) is 0 Å². The van der Waals surface area contributed by atoms with Gasteiger partial charge in [-0.25, -0.2) is 24.0 Å². The first-order valence-corrected chi connectivity index (χ1v) is 27.4. The third-order valence-corrected chi connectivity index (χ3v) is 12.4. The molecule has 0 saturated heterocycles. The molecule has 0 aliphatic carbocycles. The number of hydrogen-bond acceptors (Lipinski definition) is 16. The molecular weight excluding hydrogens is 1020 g/mol. The summed E-state index contributed by atoms with van der Waals surface area (Å²) in [5.74, 6) is -0.859. The minimum Gasteiger partial charge on any atom is -0.594 e. The number of ether oxygens (including phenoxy) is 8. The minimum absolute atomic E-state index is 0.0158. The lowest BCUT2D eigenvalue weighted by Gasteiger charge is -2.12. The molecule has 17 nitrogen and oxygen atoms in total. The van der Waals surface area contributed by atoms with Crippen LogP contribution in [0.5, 0.6) is 28.7 Å². The second-order valence-corrected chi connectivity index (χ2v) is 18.8. The van der Waals surface area contributed by atoms with Gasteiger partial charge in [0.15, 0.2) is 0 Å². The van der Waals surface area contributed by atoms with E-state index in [0.29, 0.717) is 72.9 Å². The molecule has 0 heterocycles. The molecule has 0 aromatic heterocycles. The molecule has 0 N–H and O–H groups in total. The van der Waals surface area contributed by atoms with Gasteiger partial charge in [-0.05, 0) is 154 Å². The Balaban J connectivity index is 1.09. The van der Waals surface area contributed by atoms with Gasteiger partial charge in [-0.15, -0.1) is 0 Å². The predicted molar refractivity (Wildman–Crippen MR) is 305 cm³/mol. The molecule has 0 radical (unpaired) electrons. The summed E-state index contributed by atoms with van der Waals surface area (Å²) in [4.78, 5) is 65.7. The second-order valence-electron chi connectivity index (χ2n) is 18.8. The third-order valence-electron chi connectivity index (χ3n) is 12.4. The number of anilines is 1. The maximum atomic E-state index is 13.7. The molecule has 5 aromatic rings. The highest BCUT2D eigenvalue weighted by atomic mass is 16.6. The summed E-state index contributed by atoms with van der Waals surface area (Å²) < 4.78 is 44.7. The summed E-state index contributed by atoms with van der Waals surface area (Å²) in [6, 6.07) is 31.3. The Morgan fingerprint density at radius 3 is 1.27 bits per heavy atom. The van der Waals surface area contributed by atoms with E-state index in [2.05, 4.69) is 18.3 Å². The summed E-state index contributed by atoms with van der Waals surface area (Å²) in [6.07, 6.45) is 16.5. The molecule has 0 fully saturated rings. The van der Waals surface area contributed by atoms with Gasteiger partial charge in [0.1, 0.15) is 34.4 Å². The van der Waals surface area contributed by atoms with Crippen LogP contribution in [0.4, 0.5) is 17.1 Å². The molecule has 17 heteroatoms. The Morgan fingerprint density at radius 1 is 0.450 bits per heavy atom. The van der Waals surface area contributed by atoms with E-state index in [0.717, 1.165) is 114 Å². The first-order valence-electron chi connectivity index (χ1n) is 27.4. The van der Waals surface area contributed by atoms with Crippen molar-refractivity contribution in [3.05, 3.63) is 162 Å². The van der Waals surface area contributed by atoms with E-state index in [-0.39, 0.29) is 34.8 Å². The summed E-state index contributed by atoms with van der Waals surface area (Å²) in [7, 11) is 3.86. The van der Waals surface area contributed by atoms with Crippen LogP contribution in [0.1, 0.15) is 134 Å². The zero-order valence-electron chi connectivity index (χ0n) is 46.2. The molecule has 80 heavy (non-hydrogen) atoms. The number of esters is 5. The fraction of sp³-hybridized carbons (Fsp3) is 0.381. The Labute approximate surface area is 469 Å². The van der Waals surface area contributed by atoms with Gasteiger partial charge in [0, 0.05) is 49.2 Å². The molecule has 0 amide bonds. The van der Waals surface area contributed by atoms with Gasteiger partial charge in [-0.2, -0.15) is 0 Å². The molecule has 0 atom stereocenters. The van der Waals surface area contributed by atoms with Gasteiger partial charge in [0.2, 0.25) is 5.69 Å². The lowest BCUT2D eigenvalue weighted by atomic mass is 10.0. The number of nitrogens with zero attached hydrogens (tertiary/aromatic N) is 3. The topological polar surface area (TPSA) is 201 Å². The van der Waals surface area contributed by atoms with Crippen LogP contribution in [0.15, 0.2) is 146 Å². The highest BCUT2D eigenvalue weighted by Gasteiger charge is 2.24. The summed E-state index contributed by atoms with van der Waals surface area (Å²) >= 11 is 0. The Hall–Kier alpha value is -8.47. The van der Waals surface area contributed by atoms with Crippen LogP contribution in [0, 0.1) is 5.21 Å². The van der Waals surface area contributed by atoms with Crippen LogP contribution in [-0.4, -0.2) is 88.4 Å². The van der Waals surface area contributed by atoms with E-state index in [1.807, 2.05) is 31.1 Å². The Bertz CT molecular complexity index is 2740. The van der Waals surface area contributed by atoms with Crippen LogP contribution in [0.3, 0.4) is 0 Å². The van der Waals surface area contributed by atoms with E-state index >= 15 is 0 Å². The van der Waals surface area contributed by atoms with Crippen LogP contribution in [0.25, 0.3) is 0 Å². The molecule has 426 valence electrons. The molecule has 0 unspecified atom stereocenters. The molecule has 0 saturated carbocycles. The quantitative estimate of drug-likeness (QED) is 0.00528. The lowest BCUT2D eigenvalue weighted by molar-refractivity contribution is -0.435. The van der Waals surface area contributed by atoms with Crippen molar-refractivity contribution in [1.29, 1.82) is 0 Å². The summed E-state index contributed by atoms with van der Waals surface area (Å²) in [6.45, 7) is 9.13. The highest BCUT2D eigenvalue weighted by Crippen LogP contribution is 2.26. The van der Waals surface area contributed by atoms with Crippen LogP contribution in [-0.2, 0) is 23.8 Å². The number of azo groups is 1. The maximum Gasteiger partial charge on any atom is 0.344 e. The Morgan fingerprint density at radius 2 is 0.838 bits per heavy atom. The zero-order valence-corrected chi connectivity index (χ0v) is 46.2. The van der Waals surface area contributed by atoms with Crippen molar-refractivity contribution < 1.29 is 66.7 Å². The maximum absolute atomic E-state index is 13.7. The van der Waals surface area contributed by atoms with Crippen molar-refractivity contribution in [2.24, 2.45) is 5.11 Å². The lowest BCUT2D eigenvalue weighted by Crippen LogP contribution is -2.18. The molecule has 5 aromatic carbocycles. The number of unbranched alkanes of at least 4 members (excludes halogenated alkanes) is 13. The van der Waals surface area contributed by atoms with Crippen molar-refractivity contribution in [1.82, 2.24) is 0 Å². The van der Waals surface area contributed by atoms with Crippen LogP contribution in [0.2, 0.25) is 0 Å². The molecular formula is C63H75N3O14. The predicted octanol–water partition coefficient (Wildman–Crippen LogP) is 13.8. The monoisotopic (exact) mass is 1100 g/mol. The largest absolute Gasteiger partial charge is 0.594 e. The Kier molecular flexibility index (Phi) is 27.9. The zero-order chi connectivity index (χ0) is 57.2. The van der Waals surface area contributed by atoms with Gasteiger partial charge in [-0.3, -0.25) is 0 Å². The van der Waals surface area contributed by atoms with Crippen molar-refractivity contribution in [3.8, 4) is 28.7 Å². The van der Waals surface area contributed by atoms with E-state index in [4.69, 9.17) is 37.9 Å². The fourth-order valence-electron chi connectivity index (χ4n) is 7.86. The van der Waals surface area contributed by atoms with Crippen molar-refractivity contribution >= 4 is 46.9 Å². The molecule has 5 rings (SSSR count). The average molecular weight is 1100 g/mol. The minimum atomic E-state index is -0.828. The van der Waals surface area contributed by atoms with Crippen LogP contribution >= 0.6 is 0 Å². The fourth-order valence-corrected chi connectivity index (χ4v) is 7.86. The normalized spacial score (nSPS) is 10.9. The smallest absolute Gasteiger partial charge is 0.344 e. The average Bonchev–Trinajstić information content (AvgIpc) is 3.48. The van der Waals surface area contributed by atoms with E-state index in [1.165, 1.54) is 18.2 Å². The number of carbonyl (C=O) groups excluding carboxylic acids is 5. The van der Waals surface area contributed by atoms with Crippen LogP contribution < -0.4 is 28.6 Å². The standard InChI is InChI=1S/C63H75N3O14/c1-5-59(67)76-44-20-13-9-7-11-17-41-74-53-32-36-55(37-33-53)79-61(69)48-23-40-57(63(71)80-56-38-34-54(35-39-56)75-42-18-12-8-10-14-21-45-77-60(68)6-2)58(47-48)62(70)78-46-22-16-15-19-43-73-52-30-24-49(25-31-52)64-66(72)51-28-26-50(27-29-51)65(3)4/h5-6,23-40,47H,1-2,7-22,41-46H2,3-4H3. The van der Waals surface area contributed by atoms with Gasteiger partial charge >= 0.3 is 29.8 Å². The molecule has 0 aliphatic rings. The summed E-state index contributed by atoms with van der Waals surface area (Å²) in [5.41, 5.74) is 1.64. The SMILES string of the molecule is C=CC(=O)OCCCCCCCCOc1ccc(OC(=O)c2ccc(C(=O)Oc3ccc(OCCCCCCCCOC(=O)C=C)cc3)c(C(=O)OCCCCCCOc3ccc(N=[N+]([O-])c4ccc(N(C)C)cc4)cc3)c2)cc1. The number of rotatable bonds is 38. The molecule has 0 spiro atoms. The molecule has 0 aliphatic heterocycles. The van der Waals surface area contributed by atoms with Crippen molar-refractivity contribution in [2.45, 2.75) is 103 Å². The number of hydrogen-bond donors (Lipinski definition) is 0. The van der Waals surface area contributed by atoms with Gasteiger partial charge in [0.05, 0.1) is 56.3 Å². The summed E-state index contributed by atoms with van der Waals surface area (Å²) in [5, 5.41) is 16.7. The highest BCUT2D eigenvalue weighted by molar-refractivity contribution is 6.06. The van der Waals surface area contributed by atoms with Gasteiger partial charge in [0.25, 0.3) is 0 Å². The first kappa shape index (κ1) is 62.4. The van der Waals surface area contributed by atoms with E-state index in [1.54, 1.807) is 84.9 Å². The van der Waals surface area contributed by atoms with E-state index in [9.17, 15) is 29.2 Å². The number of benzene rings is 5. The van der Waals surface area contributed by atoms with Gasteiger partial charge in [-0.1, -0.05) is 69.4 Å². The van der Waals surface area contributed by atoms with Gasteiger partial charge < -0.3 is 48.0 Å². The number of carbonyl (C=O) groups is 5. The first-order chi connectivity index (χ1) is 38.9. The molecule has 0 bridgehead atoms. The van der Waals surface area contributed by atoms with E-state index < -0.39 is 29.8 Å².